The minimum Gasteiger partial charge on any atom is -0.369 e. The Morgan fingerprint density at radius 3 is 3.00 bits per heavy atom. The van der Waals surface area contributed by atoms with E-state index in [1.165, 1.54) is 19.3 Å². The van der Waals surface area contributed by atoms with E-state index in [9.17, 15) is 0 Å². The van der Waals surface area contributed by atoms with Crippen molar-refractivity contribution in [2.45, 2.75) is 33.1 Å². The summed E-state index contributed by atoms with van der Waals surface area (Å²) in [6.07, 6.45) is 5.72. The molecule has 1 saturated carbocycles. The van der Waals surface area contributed by atoms with Crippen LogP contribution in [0.2, 0.25) is 0 Å². The molecule has 0 bridgehead atoms. The molecular weight excluding hydrogens is 210 g/mol. The highest BCUT2D eigenvalue weighted by molar-refractivity contribution is 5.55. The number of aryl methyl sites for hydroxylation is 1. The topological polar surface area (TPSA) is 48.7 Å². The number of pyridine rings is 1. The lowest BCUT2D eigenvalue weighted by atomic mass is 9.98. The van der Waals surface area contributed by atoms with Crippen LogP contribution >= 0.6 is 0 Å². The summed E-state index contributed by atoms with van der Waals surface area (Å²) in [7, 11) is 0. The minimum absolute atomic E-state index is 0.679. The average molecular weight is 229 g/mol. The number of rotatable bonds is 3. The molecule has 3 heteroatoms. The van der Waals surface area contributed by atoms with E-state index >= 15 is 0 Å². The number of hydrogen-bond acceptors (Lipinski definition) is 3. The summed E-state index contributed by atoms with van der Waals surface area (Å²) < 4.78 is 0. The van der Waals surface area contributed by atoms with Crippen molar-refractivity contribution in [1.29, 1.82) is 5.26 Å². The largest absolute Gasteiger partial charge is 0.369 e. The molecule has 0 amide bonds. The summed E-state index contributed by atoms with van der Waals surface area (Å²) in [6, 6.07) is 4.10. The molecule has 2 unspecified atom stereocenters. The van der Waals surface area contributed by atoms with Gasteiger partial charge in [-0.1, -0.05) is 19.8 Å². The van der Waals surface area contributed by atoms with Gasteiger partial charge in [0.15, 0.2) is 0 Å². The number of aromatic nitrogens is 1. The Labute approximate surface area is 103 Å². The van der Waals surface area contributed by atoms with E-state index in [0.717, 1.165) is 29.8 Å². The van der Waals surface area contributed by atoms with Gasteiger partial charge in [-0.2, -0.15) is 5.26 Å². The lowest BCUT2D eigenvalue weighted by Crippen LogP contribution is -2.17. The van der Waals surface area contributed by atoms with Gasteiger partial charge in [0.2, 0.25) is 0 Å². The Balaban J connectivity index is 2.04. The van der Waals surface area contributed by atoms with Gasteiger partial charge in [0, 0.05) is 12.7 Å². The van der Waals surface area contributed by atoms with Crippen LogP contribution < -0.4 is 5.32 Å². The van der Waals surface area contributed by atoms with Gasteiger partial charge in [-0.05, 0) is 36.8 Å². The second-order valence-electron chi connectivity index (χ2n) is 5.01. The normalized spacial score (nSPS) is 23.4. The van der Waals surface area contributed by atoms with Crippen LogP contribution in [0.15, 0.2) is 12.3 Å². The molecule has 17 heavy (non-hydrogen) atoms. The third-order valence-electron chi connectivity index (χ3n) is 3.84. The fourth-order valence-corrected chi connectivity index (χ4v) is 2.59. The SMILES string of the molecule is Cc1ccnc(NCC2CCCC2C)c1C#N. The first kappa shape index (κ1) is 11.9. The van der Waals surface area contributed by atoms with Crippen molar-refractivity contribution in [3.05, 3.63) is 23.4 Å². The Morgan fingerprint density at radius 1 is 1.53 bits per heavy atom. The van der Waals surface area contributed by atoms with Gasteiger partial charge in [-0.25, -0.2) is 4.98 Å². The zero-order chi connectivity index (χ0) is 12.3. The summed E-state index contributed by atoms with van der Waals surface area (Å²) >= 11 is 0. The van der Waals surface area contributed by atoms with E-state index < -0.39 is 0 Å². The van der Waals surface area contributed by atoms with E-state index in [2.05, 4.69) is 23.3 Å². The fourth-order valence-electron chi connectivity index (χ4n) is 2.59. The van der Waals surface area contributed by atoms with E-state index in [-0.39, 0.29) is 0 Å². The summed E-state index contributed by atoms with van der Waals surface area (Å²) in [6.45, 7) is 5.20. The number of anilines is 1. The van der Waals surface area contributed by atoms with Gasteiger partial charge < -0.3 is 5.32 Å². The van der Waals surface area contributed by atoms with Crippen molar-refractivity contribution in [1.82, 2.24) is 4.98 Å². The van der Waals surface area contributed by atoms with Crippen LogP contribution in [0.4, 0.5) is 5.82 Å². The summed E-state index contributed by atoms with van der Waals surface area (Å²) in [5, 5.41) is 12.5. The lowest BCUT2D eigenvalue weighted by molar-refractivity contribution is 0.439. The first-order valence-electron chi connectivity index (χ1n) is 6.32. The van der Waals surface area contributed by atoms with Crippen LogP contribution in [0, 0.1) is 30.1 Å². The first-order valence-corrected chi connectivity index (χ1v) is 6.32. The van der Waals surface area contributed by atoms with E-state index in [1.807, 2.05) is 13.0 Å². The molecule has 0 radical (unpaired) electrons. The Bertz CT molecular complexity index is 434. The van der Waals surface area contributed by atoms with Gasteiger partial charge >= 0.3 is 0 Å². The van der Waals surface area contributed by atoms with Gasteiger partial charge in [0.05, 0.1) is 5.56 Å². The van der Waals surface area contributed by atoms with Crippen LogP contribution in [-0.4, -0.2) is 11.5 Å². The molecular formula is C14H19N3. The number of hydrogen-bond donors (Lipinski definition) is 1. The van der Waals surface area contributed by atoms with Crippen molar-refractivity contribution in [2.75, 3.05) is 11.9 Å². The van der Waals surface area contributed by atoms with Crippen LogP contribution in [0.3, 0.4) is 0 Å². The maximum atomic E-state index is 9.11. The van der Waals surface area contributed by atoms with Crippen LogP contribution in [0.25, 0.3) is 0 Å². The fraction of sp³-hybridized carbons (Fsp3) is 0.571. The molecule has 1 aromatic rings. The zero-order valence-electron chi connectivity index (χ0n) is 10.5. The number of nitrogens with zero attached hydrogens (tertiary/aromatic N) is 2. The third-order valence-corrected chi connectivity index (χ3v) is 3.84. The van der Waals surface area contributed by atoms with E-state index in [0.29, 0.717) is 5.56 Å². The monoisotopic (exact) mass is 229 g/mol. The van der Waals surface area contributed by atoms with E-state index in [4.69, 9.17) is 5.26 Å². The lowest BCUT2D eigenvalue weighted by Gasteiger charge is -2.17. The molecule has 1 aliphatic rings. The molecule has 0 spiro atoms. The molecule has 90 valence electrons. The van der Waals surface area contributed by atoms with Crippen molar-refractivity contribution in [3.8, 4) is 6.07 Å². The Kier molecular flexibility index (Phi) is 3.63. The molecule has 1 heterocycles. The van der Waals surface area contributed by atoms with Crippen molar-refractivity contribution < 1.29 is 0 Å². The van der Waals surface area contributed by atoms with Crippen molar-refractivity contribution in [2.24, 2.45) is 11.8 Å². The highest BCUT2D eigenvalue weighted by Gasteiger charge is 2.23. The molecule has 1 fully saturated rings. The van der Waals surface area contributed by atoms with Gasteiger partial charge in [0.25, 0.3) is 0 Å². The molecule has 1 aromatic heterocycles. The summed E-state index contributed by atoms with van der Waals surface area (Å²) in [5.74, 6) is 2.26. The Hall–Kier alpha value is -1.56. The number of nitriles is 1. The van der Waals surface area contributed by atoms with Gasteiger partial charge in [-0.15, -0.1) is 0 Å². The molecule has 0 saturated heterocycles. The summed E-state index contributed by atoms with van der Waals surface area (Å²) in [4.78, 5) is 4.26. The van der Waals surface area contributed by atoms with Crippen molar-refractivity contribution in [3.63, 3.8) is 0 Å². The average Bonchev–Trinajstić information content (AvgIpc) is 2.72. The van der Waals surface area contributed by atoms with Crippen LogP contribution in [0.5, 0.6) is 0 Å². The number of nitrogens with one attached hydrogen (secondary N) is 1. The van der Waals surface area contributed by atoms with Gasteiger partial charge in [-0.3, -0.25) is 0 Å². The maximum absolute atomic E-state index is 9.11. The highest BCUT2D eigenvalue weighted by atomic mass is 15.0. The summed E-state index contributed by atoms with van der Waals surface area (Å²) in [5.41, 5.74) is 1.67. The standard InChI is InChI=1S/C14H19N3/c1-10-4-3-5-12(10)9-17-14-13(8-15)11(2)6-7-16-14/h6-7,10,12H,3-5,9H2,1-2H3,(H,16,17). The molecule has 2 rings (SSSR count). The predicted octanol–water partition coefficient (Wildman–Crippen LogP) is 3.11. The van der Waals surface area contributed by atoms with Crippen LogP contribution in [-0.2, 0) is 0 Å². The first-order chi connectivity index (χ1) is 8.22. The second-order valence-corrected chi connectivity index (χ2v) is 5.01. The van der Waals surface area contributed by atoms with E-state index in [1.54, 1.807) is 6.20 Å². The zero-order valence-corrected chi connectivity index (χ0v) is 10.5. The van der Waals surface area contributed by atoms with Gasteiger partial charge in [0.1, 0.15) is 11.9 Å². The molecule has 0 aliphatic heterocycles. The highest BCUT2D eigenvalue weighted by Crippen LogP contribution is 2.31. The predicted molar refractivity (Wildman–Crippen MR) is 68.7 cm³/mol. The molecule has 1 aliphatic carbocycles. The maximum Gasteiger partial charge on any atom is 0.144 e. The van der Waals surface area contributed by atoms with Crippen molar-refractivity contribution >= 4 is 5.82 Å². The molecule has 1 N–H and O–H groups in total. The quantitative estimate of drug-likeness (QED) is 0.866. The molecule has 2 atom stereocenters. The molecule has 0 aromatic carbocycles. The smallest absolute Gasteiger partial charge is 0.144 e. The van der Waals surface area contributed by atoms with Crippen LogP contribution in [0.1, 0.15) is 37.3 Å². The minimum atomic E-state index is 0.679. The molecule has 3 nitrogen and oxygen atoms in total. The second kappa shape index (κ2) is 5.18. The Morgan fingerprint density at radius 2 is 2.35 bits per heavy atom. The third kappa shape index (κ3) is 2.58.